The van der Waals surface area contributed by atoms with E-state index in [1.54, 1.807) is 0 Å². The third-order valence-corrected chi connectivity index (χ3v) is 3.05. The predicted octanol–water partition coefficient (Wildman–Crippen LogP) is 0.957. The van der Waals surface area contributed by atoms with Gasteiger partial charge in [-0.05, 0) is 26.2 Å². The molecule has 1 saturated carbocycles. The van der Waals surface area contributed by atoms with Gasteiger partial charge in [0, 0.05) is 12.6 Å². The minimum atomic E-state index is -0.802. The zero-order chi connectivity index (χ0) is 11.3. The van der Waals surface area contributed by atoms with E-state index in [0.29, 0.717) is 19.3 Å². The lowest BCUT2D eigenvalue weighted by Gasteiger charge is -2.22. The first-order valence-electron chi connectivity index (χ1n) is 5.48. The summed E-state index contributed by atoms with van der Waals surface area (Å²) in [6, 6.07) is 2.09. The minimum absolute atomic E-state index is 0.0565. The van der Waals surface area contributed by atoms with E-state index in [0.717, 1.165) is 12.8 Å². The Morgan fingerprint density at radius 2 is 2.20 bits per heavy atom. The van der Waals surface area contributed by atoms with E-state index in [1.807, 2.05) is 6.92 Å². The fourth-order valence-corrected chi connectivity index (χ4v) is 2.00. The van der Waals surface area contributed by atoms with E-state index in [2.05, 4.69) is 11.4 Å². The van der Waals surface area contributed by atoms with Gasteiger partial charge in [0.15, 0.2) is 0 Å². The average molecular weight is 210 g/mol. The van der Waals surface area contributed by atoms with Gasteiger partial charge in [-0.2, -0.15) is 5.26 Å². The fourth-order valence-electron chi connectivity index (χ4n) is 2.00. The molecular weight excluding hydrogens is 192 g/mol. The van der Waals surface area contributed by atoms with Crippen LogP contribution in [0.15, 0.2) is 0 Å². The first kappa shape index (κ1) is 12.0. The summed E-state index contributed by atoms with van der Waals surface area (Å²) in [6.07, 6.45) is 3.78. The molecule has 0 bridgehead atoms. The van der Waals surface area contributed by atoms with Crippen LogP contribution in [0.1, 0.15) is 39.0 Å². The number of rotatable bonds is 4. The van der Waals surface area contributed by atoms with E-state index in [4.69, 9.17) is 10.4 Å². The molecular formula is C11H18N2O2. The van der Waals surface area contributed by atoms with Crippen molar-refractivity contribution in [2.45, 2.75) is 45.1 Å². The van der Waals surface area contributed by atoms with Gasteiger partial charge in [-0.3, -0.25) is 4.79 Å². The van der Waals surface area contributed by atoms with Gasteiger partial charge >= 0.3 is 0 Å². The van der Waals surface area contributed by atoms with Crippen molar-refractivity contribution in [1.82, 2.24) is 5.32 Å². The fraction of sp³-hybridized carbons (Fsp3) is 0.818. The minimum Gasteiger partial charge on any atom is -0.396 e. The molecule has 1 atom stereocenters. The van der Waals surface area contributed by atoms with E-state index in [9.17, 15) is 4.79 Å². The highest BCUT2D eigenvalue weighted by atomic mass is 16.3. The molecule has 4 nitrogen and oxygen atoms in total. The zero-order valence-corrected chi connectivity index (χ0v) is 9.12. The number of aliphatic hydroxyl groups is 1. The summed E-state index contributed by atoms with van der Waals surface area (Å²) in [6.45, 7) is 1.90. The van der Waals surface area contributed by atoms with Gasteiger partial charge in [0.25, 0.3) is 0 Å². The first-order valence-corrected chi connectivity index (χ1v) is 5.48. The number of hydrogen-bond acceptors (Lipinski definition) is 3. The van der Waals surface area contributed by atoms with E-state index < -0.39 is 5.41 Å². The predicted molar refractivity (Wildman–Crippen MR) is 55.8 cm³/mol. The van der Waals surface area contributed by atoms with E-state index in [1.165, 1.54) is 0 Å². The quantitative estimate of drug-likeness (QED) is 0.725. The summed E-state index contributed by atoms with van der Waals surface area (Å²) in [5, 5.41) is 20.6. The molecule has 0 spiro atoms. The second-order valence-corrected chi connectivity index (χ2v) is 4.29. The summed E-state index contributed by atoms with van der Waals surface area (Å²) < 4.78 is 0. The maximum absolute atomic E-state index is 11.9. The molecule has 1 amide bonds. The molecule has 0 saturated heterocycles. The van der Waals surface area contributed by atoms with E-state index >= 15 is 0 Å². The normalized spacial score (nSPS) is 20.6. The molecule has 1 aliphatic rings. The van der Waals surface area contributed by atoms with Crippen molar-refractivity contribution in [3.63, 3.8) is 0 Å². The number of nitrogens with one attached hydrogen (secondary N) is 1. The second-order valence-electron chi connectivity index (χ2n) is 4.29. The Kier molecular flexibility index (Phi) is 4.10. The monoisotopic (exact) mass is 210 g/mol. The van der Waals surface area contributed by atoms with Crippen molar-refractivity contribution in [3.8, 4) is 6.07 Å². The molecule has 15 heavy (non-hydrogen) atoms. The maximum atomic E-state index is 11.9. The first-order chi connectivity index (χ1) is 7.14. The molecule has 2 N–H and O–H groups in total. The lowest BCUT2D eigenvalue weighted by atomic mass is 9.87. The number of aliphatic hydroxyl groups excluding tert-OH is 1. The molecule has 4 heteroatoms. The molecule has 84 valence electrons. The Bertz CT molecular complexity index is 264. The third kappa shape index (κ3) is 2.69. The highest BCUT2D eigenvalue weighted by Crippen LogP contribution is 2.37. The van der Waals surface area contributed by atoms with Crippen LogP contribution in [0.25, 0.3) is 0 Å². The Morgan fingerprint density at radius 1 is 1.60 bits per heavy atom. The number of carbonyl (C=O) groups excluding carboxylic acids is 1. The van der Waals surface area contributed by atoms with Gasteiger partial charge in [-0.25, -0.2) is 0 Å². The number of nitriles is 1. The van der Waals surface area contributed by atoms with Crippen LogP contribution in [0.2, 0.25) is 0 Å². The highest BCUT2D eigenvalue weighted by molar-refractivity contribution is 5.85. The summed E-state index contributed by atoms with van der Waals surface area (Å²) in [7, 11) is 0. The Morgan fingerprint density at radius 3 is 2.67 bits per heavy atom. The zero-order valence-electron chi connectivity index (χ0n) is 9.12. The molecule has 1 aliphatic carbocycles. The van der Waals surface area contributed by atoms with Crippen LogP contribution in [0.4, 0.5) is 0 Å². The molecule has 0 radical (unpaired) electrons. The van der Waals surface area contributed by atoms with Crippen LogP contribution in [-0.2, 0) is 4.79 Å². The second kappa shape index (κ2) is 5.13. The molecule has 0 aromatic heterocycles. The molecule has 0 aromatic carbocycles. The average Bonchev–Trinajstić information content (AvgIpc) is 2.67. The molecule has 1 rings (SSSR count). The lowest BCUT2D eigenvalue weighted by molar-refractivity contribution is -0.128. The van der Waals surface area contributed by atoms with Crippen molar-refractivity contribution in [2.75, 3.05) is 6.61 Å². The summed E-state index contributed by atoms with van der Waals surface area (Å²) in [5.41, 5.74) is -0.802. The van der Waals surface area contributed by atoms with E-state index in [-0.39, 0.29) is 18.6 Å². The molecule has 0 aromatic rings. The van der Waals surface area contributed by atoms with Crippen LogP contribution in [0, 0.1) is 16.7 Å². The van der Waals surface area contributed by atoms with Gasteiger partial charge < -0.3 is 10.4 Å². The SMILES string of the molecule is CC(CCO)NC(=O)C1(C#N)CCCC1. The molecule has 0 heterocycles. The summed E-state index contributed by atoms with van der Waals surface area (Å²) in [5.74, 6) is -0.163. The van der Waals surface area contributed by atoms with Crippen LogP contribution >= 0.6 is 0 Å². The van der Waals surface area contributed by atoms with Crippen LogP contribution < -0.4 is 5.32 Å². The Hall–Kier alpha value is -1.08. The van der Waals surface area contributed by atoms with Crippen molar-refractivity contribution in [1.29, 1.82) is 5.26 Å². The standard InChI is InChI=1S/C11H18N2O2/c1-9(4-7-14)13-10(15)11(8-12)5-2-3-6-11/h9,14H,2-7H2,1H3,(H,13,15). The number of carbonyl (C=O) groups is 1. The van der Waals surface area contributed by atoms with Gasteiger partial charge in [0.1, 0.15) is 5.41 Å². The van der Waals surface area contributed by atoms with Crippen molar-refractivity contribution >= 4 is 5.91 Å². The Balaban J connectivity index is 2.55. The van der Waals surface area contributed by atoms with Crippen molar-refractivity contribution in [2.24, 2.45) is 5.41 Å². The largest absolute Gasteiger partial charge is 0.396 e. The lowest BCUT2D eigenvalue weighted by Crippen LogP contribution is -2.43. The number of amides is 1. The van der Waals surface area contributed by atoms with Crippen LogP contribution in [0.5, 0.6) is 0 Å². The van der Waals surface area contributed by atoms with Crippen molar-refractivity contribution < 1.29 is 9.90 Å². The van der Waals surface area contributed by atoms with Gasteiger partial charge in [-0.15, -0.1) is 0 Å². The number of nitrogens with zero attached hydrogens (tertiary/aromatic N) is 1. The molecule has 1 unspecified atom stereocenters. The Labute approximate surface area is 90.3 Å². The highest BCUT2D eigenvalue weighted by Gasteiger charge is 2.41. The van der Waals surface area contributed by atoms with Crippen LogP contribution in [-0.4, -0.2) is 23.7 Å². The topological polar surface area (TPSA) is 73.1 Å². The summed E-state index contributed by atoms with van der Waals surface area (Å²) in [4.78, 5) is 11.9. The number of hydrogen-bond donors (Lipinski definition) is 2. The molecule has 0 aliphatic heterocycles. The van der Waals surface area contributed by atoms with Crippen molar-refractivity contribution in [3.05, 3.63) is 0 Å². The van der Waals surface area contributed by atoms with Gasteiger partial charge in [0.2, 0.25) is 5.91 Å². The smallest absolute Gasteiger partial charge is 0.240 e. The van der Waals surface area contributed by atoms with Gasteiger partial charge in [-0.1, -0.05) is 12.8 Å². The maximum Gasteiger partial charge on any atom is 0.240 e. The molecule has 1 fully saturated rings. The summed E-state index contributed by atoms with van der Waals surface area (Å²) >= 11 is 0. The van der Waals surface area contributed by atoms with Gasteiger partial charge in [0.05, 0.1) is 6.07 Å². The van der Waals surface area contributed by atoms with Crippen LogP contribution in [0.3, 0.4) is 0 Å². The third-order valence-electron chi connectivity index (χ3n) is 3.05.